The molecule has 0 radical (unpaired) electrons. The van der Waals surface area contributed by atoms with Crippen LogP contribution in [0, 0.1) is 23.0 Å². The van der Waals surface area contributed by atoms with Crippen molar-refractivity contribution in [3.05, 3.63) is 107 Å². The van der Waals surface area contributed by atoms with Gasteiger partial charge < -0.3 is 10.1 Å². The number of aliphatic hydroxyl groups is 1. The number of nitrogens with zero attached hydrogens (tertiary/aromatic N) is 4. The summed E-state index contributed by atoms with van der Waals surface area (Å²) in [4.78, 5) is 12.0. The normalized spacial score (nSPS) is 16.5. The van der Waals surface area contributed by atoms with Gasteiger partial charge in [0.2, 0.25) is 0 Å². The van der Waals surface area contributed by atoms with E-state index in [1.165, 1.54) is 24.3 Å². The van der Waals surface area contributed by atoms with Crippen LogP contribution >= 0.6 is 0 Å². The molecule has 6 nitrogen and oxygen atoms in total. The Morgan fingerprint density at radius 1 is 0.892 bits per heavy atom. The van der Waals surface area contributed by atoms with Gasteiger partial charge in [-0.25, -0.2) is 13.8 Å². The van der Waals surface area contributed by atoms with Crippen LogP contribution in [0.2, 0.25) is 0 Å². The number of halogens is 2. The predicted molar refractivity (Wildman–Crippen MR) is 139 cm³/mol. The summed E-state index contributed by atoms with van der Waals surface area (Å²) in [6.07, 6.45) is 0. The predicted octanol–water partition coefficient (Wildman–Crippen LogP) is 5.43. The van der Waals surface area contributed by atoms with Gasteiger partial charge in [0.15, 0.2) is 5.82 Å². The highest BCUT2D eigenvalue weighted by atomic mass is 19.1. The zero-order valence-electron chi connectivity index (χ0n) is 20.4. The Bertz CT molecular complexity index is 1370. The summed E-state index contributed by atoms with van der Waals surface area (Å²) in [5.74, 6) is -0.288. The second-order valence-electron chi connectivity index (χ2n) is 9.23. The summed E-state index contributed by atoms with van der Waals surface area (Å²) >= 11 is 0. The molecule has 1 atom stereocenters. The quantitative estimate of drug-likeness (QED) is 0.273. The van der Waals surface area contributed by atoms with Crippen LogP contribution in [0.1, 0.15) is 29.9 Å². The number of hydrogen-bond acceptors (Lipinski definition) is 5. The molecule has 0 bridgehead atoms. The number of aromatic amines is 1. The van der Waals surface area contributed by atoms with E-state index in [4.69, 9.17) is 0 Å². The number of aliphatic hydroxyl groups excluding tert-OH is 1. The van der Waals surface area contributed by atoms with Crippen LogP contribution in [0.4, 0.5) is 8.78 Å². The first-order valence-electron chi connectivity index (χ1n) is 12.2. The lowest BCUT2D eigenvalue weighted by molar-refractivity contribution is 0.0814. The van der Waals surface area contributed by atoms with E-state index >= 15 is 0 Å². The minimum atomic E-state index is -0.389. The van der Waals surface area contributed by atoms with Crippen LogP contribution in [0.3, 0.4) is 0 Å². The highest BCUT2D eigenvalue weighted by Crippen LogP contribution is 2.31. The van der Waals surface area contributed by atoms with Gasteiger partial charge in [-0.2, -0.15) is 5.26 Å². The summed E-state index contributed by atoms with van der Waals surface area (Å²) in [7, 11) is 0. The van der Waals surface area contributed by atoms with Gasteiger partial charge in [0, 0.05) is 26.2 Å². The van der Waals surface area contributed by atoms with Gasteiger partial charge in [0.25, 0.3) is 0 Å². The first-order valence-corrected chi connectivity index (χ1v) is 12.2. The average Bonchev–Trinajstić information content (AvgIpc) is 3.35. The summed E-state index contributed by atoms with van der Waals surface area (Å²) in [6.45, 7) is 4.50. The molecule has 2 heterocycles. The maximum absolute atomic E-state index is 13.6. The van der Waals surface area contributed by atoms with Crippen LogP contribution in [0.25, 0.3) is 16.6 Å². The van der Waals surface area contributed by atoms with Crippen LogP contribution in [-0.2, 0) is 0 Å². The maximum Gasteiger partial charge on any atom is 0.152 e. The van der Waals surface area contributed by atoms with Gasteiger partial charge in [-0.05, 0) is 54.4 Å². The van der Waals surface area contributed by atoms with E-state index in [1.54, 1.807) is 24.3 Å². The highest BCUT2D eigenvalue weighted by molar-refractivity contribution is 5.83. The molecular formula is C29H27F2N5O. The van der Waals surface area contributed by atoms with Crippen molar-refractivity contribution in [1.82, 2.24) is 19.8 Å². The van der Waals surface area contributed by atoms with Gasteiger partial charge in [0.1, 0.15) is 29.0 Å². The molecule has 1 aliphatic heterocycles. The number of allylic oxidation sites excluding steroid dienone is 1. The van der Waals surface area contributed by atoms with E-state index < -0.39 is 0 Å². The molecule has 1 aromatic heterocycles. The van der Waals surface area contributed by atoms with Crippen LogP contribution in [0.5, 0.6) is 0 Å². The number of para-hydroxylation sites is 2. The van der Waals surface area contributed by atoms with Gasteiger partial charge in [-0.15, -0.1) is 0 Å². The Hall–Kier alpha value is -4.06. The van der Waals surface area contributed by atoms with E-state index in [1.807, 2.05) is 31.2 Å². The Morgan fingerprint density at radius 2 is 1.43 bits per heavy atom. The Kier molecular flexibility index (Phi) is 6.99. The van der Waals surface area contributed by atoms with E-state index in [0.717, 1.165) is 22.2 Å². The second-order valence-corrected chi connectivity index (χ2v) is 9.23. The average molecular weight is 500 g/mol. The third-order valence-corrected chi connectivity index (χ3v) is 7.02. The van der Waals surface area contributed by atoms with Crippen molar-refractivity contribution in [3.63, 3.8) is 0 Å². The monoisotopic (exact) mass is 499 g/mol. The number of fused-ring (bicyclic) bond motifs is 1. The topological polar surface area (TPSA) is 79.2 Å². The third kappa shape index (κ3) is 5.10. The summed E-state index contributed by atoms with van der Waals surface area (Å²) in [5, 5.41) is 20.9. The Labute approximate surface area is 214 Å². The van der Waals surface area contributed by atoms with Crippen molar-refractivity contribution >= 4 is 16.6 Å². The van der Waals surface area contributed by atoms with Crippen molar-refractivity contribution in [2.24, 2.45) is 0 Å². The molecule has 1 saturated heterocycles. The number of nitrogens with one attached hydrogen (secondary N) is 1. The van der Waals surface area contributed by atoms with Gasteiger partial charge in [-0.1, -0.05) is 36.4 Å². The first kappa shape index (κ1) is 24.6. The number of aromatic nitrogens is 2. The van der Waals surface area contributed by atoms with Crippen LogP contribution in [-0.4, -0.2) is 57.1 Å². The number of piperazine rings is 1. The lowest BCUT2D eigenvalue weighted by Gasteiger charge is -2.41. The fourth-order valence-electron chi connectivity index (χ4n) is 4.97. The molecule has 3 aromatic carbocycles. The fraction of sp³-hybridized carbons (Fsp3) is 0.241. The van der Waals surface area contributed by atoms with Crippen LogP contribution in [0.15, 0.2) is 78.6 Å². The number of H-pyrrole nitrogens is 1. The largest absolute Gasteiger partial charge is 0.509 e. The Morgan fingerprint density at radius 3 is 1.97 bits per heavy atom. The summed E-state index contributed by atoms with van der Waals surface area (Å²) in [6, 6.07) is 21.9. The van der Waals surface area contributed by atoms with Gasteiger partial charge >= 0.3 is 0 Å². The molecule has 0 aliphatic carbocycles. The van der Waals surface area contributed by atoms with E-state index in [0.29, 0.717) is 32.0 Å². The molecule has 1 aliphatic rings. The van der Waals surface area contributed by atoms with E-state index in [2.05, 4.69) is 25.8 Å². The van der Waals surface area contributed by atoms with Crippen LogP contribution < -0.4 is 0 Å². The second kappa shape index (κ2) is 10.5. The zero-order valence-corrected chi connectivity index (χ0v) is 20.4. The molecule has 0 amide bonds. The molecule has 0 saturated carbocycles. The number of benzene rings is 3. The van der Waals surface area contributed by atoms with E-state index in [-0.39, 0.29) is 35.1 Å². The minimum absolute atomic E-state index is 0.0244. The number of imidazole rings is 1. The lowest BCUT2D eigenvalue weighted by atomic mass is 9.96. The fourth-order valence-corrected chi connectivity index (χ4v) is 4.97. The Balaban J connectivity index is 1.35. The maximum atomic E-state index is 13.6. The van der Waals surface area contributed by atoms with Crippen molar-refractivity contribution in [2.75, 3.05) is 26.2 Å². The molecule has 0 spiro atoms. The molecule has 1 unspecified atom stereocenters. The molecule has 2 N–H and O–H groups in total. The van der Waals surface area contributed by atoms with Crippen molar-refractivity contribution < 1.29 is 13.9 Å². The molecule has 8 heteroatoms. The SMILES string of the molecule is CC(/C(O)=C(\C#N)c1nc2ccccc2[nH]1)N1CCN(C(c2ccc(F)cc2)c2ccc(F)cc2)CC1. The summed E-state index contributed by atoms with van der Waals surface area (Å²) < 4.78 is 27.2. The molecule has 4 aromatic rings. The third-order valence-electron chi connectivity index (χ3n) is 7.02. The molecule has 5 rings (SSSR count). The summed E-state index contributed by atoms with van der Waals surface area (Å²) in [5.41, 5.74) is 3.50. The minimum Gasteiger partial charge on any atom is -0.509 e. The van der Waals surface area contributed by atoms with Crippen molar-refractivity contribution in [2.45, 2.75) is 19.0 Å². The van der Waals surface area contributed by atoms with Crippen molar-refractivity contribution in [1.29, 1.82) is 5.26 Å². The first-order chi connectivity index (χ1) is 17.9. The standard InChI is InChI=1S/C29H27F2N5O/c1-19(28(37)24(18-32)29-33-25-4-2-3-5-26(25)34-29)35-14-16-36(17-15-35)27(20-6-10-22(30)11-7-20)21-8-12-23(31)13-9-21/h2-13,19,27,37H,14-17H2,1H3,(H,33,34)/b28-24-. The highest BCUT2D eigenvalue weighted by Gasteiger charge is 2.30. The molecule has 37 heavy (non-hydrogen) atoms. The molecule has 1 fully saturated rings. The number of hydrogen-bond donors (Lipinski definition) is 2. The van der Waals surface area contributed by atoms with E-state index in [9.17, 15) is 19.1 Å². The molecular weight excluding hydrogens is 472 g/mol. The molecule has 188 valence electrons. The number of nitriles is 1. The smallest absolute Gasteiger partial charge is 0.152 e. The zero-order chi connectivity index (χ0) is 25.9. The van der Waals surface area contributed by atoms with Crippen molar-refractivity contribution in [3.8, 4) is 6.07 Å². The lowest BCUT2D eigenvalue weighted by Crippen LogP contribution is -2.51. The van der Waals surface area contributed by atoms with Gasteiger partial charge in [-0.3, -0.25) is 9.80 Å². The van der Waals surface area contributed by atoms with Gasteiger partial charge in [0.05, 0.1) is 23.1 Å². The number of rotatable bonds is 6.